The number of nitrogens with one attached hydrogen (secondary N) is 1. The molecule has 3 aromatic carbocycles. The number of hydrogen-bond donors (Lipinski definition) is 2. The highest BCUT2D eigenvalue weighted by molar-refractivity contribution is 7.89. The maximum Gasteiger partial charge on any atom is 0.244 e. The molecule has 0 aromatic heterocycles. The van der Waals surface area contributed by atoms with E-state index in [1.165, 1.54) is 12.1 Å². The highest BCUT2D eigenvalue weighted by Crippen LogP contribution is 2.27. The second-order valence-corrected chi connectivity index (χ2v) is 8.75. The average Bonchev–Trinajstić information content (AvgIpc) is 2.82. The van der Waals surface area contributed by atoms with E-state index in [2.05, 4.69) is 5.32 Å². The average molecular weight is 467 g/mol. The van der Waals surface area contributed by atoms with Gasteiger partial charge in [-0.2, -0.15) is 0 Å². The van der Waals surface area contributed by atoms with Crippen LogP contribution in [-0.4, -0.2) is 35.1 Å². The SMILES string of the molecule is COc1ccc(C=CC(=O)NCCc2cccc(-c3ccccc3S(N)(=O)=O)c2)c(OC)c1. The predicted molar refractivity (Wildman–Crippen MR) is 129 cm³/mol. The van der Waals surface area contributed by atoms with Crippen molar-refractivity contribution in [2.75, 3.05) is 20.8 Å². The topological polar surface area (TPSA) is 108 Å². The van der Waals surface area contributed by atoms with E-state index >= 15 is 0 Å². The van der Waals surface area contributed by atoms with Crippen molar-refractivity contribution in [2.45, 2.75) is 11.3 Å². The van der Waals surface area contributed by atoms with Crippen molar-refractivity contribution in [3.63, 3.8) is 0 Å². The molecule has 0 saturated carbocycles. The van der Waals surface area contributed by atoms with E-state index in [0.29, 0.717) is 30.0 Å². The molecule has 0 heterocycles. The first-order valence-corrected chi connectivity index (χ1v) is 11.8. The number of carbonyl (C=O) groups is 1. The number of benzene rings is 3. The Labute approximate surface area is 193 Å². The first-order valence-electron chi connectivity index (χ1n) is 10.2. The van der Waals surface area contributed by atoms with E-state index in [4.69, 9.17) is 14.6 Å². The van der Waals surface area contributed by atoms with Crippen LogP contribution < -0.4 is 19.9 Å². The molecule has 3 rings (SSSR count). The standard InChI is InChI=1S/C25H26N2O5S/c1-31-21-12-10-19(23(17-21)32-2)11-13-25(28)27-15-14-18-6-5-7-20(16-18)22-8-3-4-9-24(22)33(26,29)30/h3-13,16-17H,14-15H2,1-2H3,(H,27,28)(H2,26,29,30). The molecule has 1 amide bonds. The number of sulfonamides is 1. The molecule has 7 nitrogen and oxygen atoms in total. The highest BCUT2D eigenvalue weighted by atomic mass is 32.2. The number of amides is 1. The van der Waals surface area contributed by atoms with Gasteiger partial charge in [0.2, 0.25) is 15.9 Å². The monoisotopic (exact) mass is 466 g/mol. The molecule has 0 unspecified atom stereocenters. The predicted octanol–water partition coefficient (Wildman–Crippen LogP) is 3.39. The number of methoxy groups -OCH3 is 2. The molecule has 33 heavy (non-hydrogen) atoms. The summed E-state index contributed by atoms with van der Waals surface area (Å²) in [6, 6.07) is 19.5. The Morgan fingerprint density at radius 1 is 1.00 bits per heavy atom. The van der Waals surface area contributed by atoms with Crippen LogP contribution in [0, 0.1) is 0 Å². The van der Waals surface area contributed by atoms with Crippen LogP contribution in [0.25, 0.3) is 17.2 Å². The van der Waals surface area contributed by atoms with Crippen molar-refractivity contribution in [2.24, 2.45) is 5.14 Å². The quantitative estimate of drug-likeness (QED) is 0.470. The van der Waals surface area contributed by atoms with Crippen molar-refractivity contribution in [1.29, 1.82) is 0 Å². The molecule has 0 fully saturated rings. The largest absolute Gasteiger partial charge is 0.497 e. The van der Waals surface area contributed by atoms with Crippen LogP contribution in [0.4, 0.5) is 0 Å². The lowest BCUT2D eigenvalue weighted by Crippen LogP contribution is -2.23. The second kappa shape index (κ2) is 10.8. The van der Waals surface area contributed by atoms with E-state index in [1.54, 1.807) is 50.6 Å². The maximum absolute atomic E-state index is 12.2. The van der Waals surface area contributed by atoms with Gasteiger partial charge in [0.15, 0.2) is 0 Å². The van der Waals surface area contributed by atoms with Crippen LogP contribution in [0.3, 0.4) is 0 Å². The molecule has 0 saturated heterocycles. The fourth-order valence-electron chi connectivity index (χ4n) is 3.36. The van der Waals surface area contributed by atoms with Crippen molar-refractivity contribution >= 4 is 22.0 Å². The van der Waals surface area contributed by atoms with Gasteiger partial charge in [-0.05, 0) is 41.8 Å². The van der Waals surface area contributed by atoms with Gasteiger partial charge in [-0.3, -0.25) is 4.79 Å². The van der Waals surface area contributed by atoms with Crippen molar-refractivity contribution < 1.29 is 22.7 Å². The van der Waals surface area contributed by atoms with Gasteiger partial charge in [0.1, 0.15) is 11.5 Å². The summed E-state index contributed by atoms with van der Waals surface area (Å²) < 4.78 is 34.3. The number of carbonyl (C=O) groups excluding carboxylic acids is 1. The second-order valence-electron chi connectivity index (χ2n) is 7.22. The molecule has 172 valence electrons. The Hall–Kier alpha value is -3.62. The van der Waals surface area contributed by atoms with Crippen LogP contribution >= 0.6 is 0 Å². The normalized spacial score (nSPS) is 11.4. The first-order chi connectivity index (χ1) is 15.8. The molecule has 0 spiro atoms. The Morgan fingerprint density at radius 2 is 1.79 bits per heavy atom. The van der Waals surface area contributed by atoms with Gasteiger partial charge < -0.3 is 14.8 Å². The molecular formula is C25H26N2O5S. The number of primary sulfonamides is 1. The molecule has 8 heteroatoms. The van der Waals surface area contributed by atoms with E-state index in [0.717, 1.165) is 16.7 Å². The Balaban J connectivity index is 1.63. The third-order valence-corrected chi connectivity index (χ3v) is 5.97. The van der Waals surface area contributed by atoms with Crippen LogP contribution in [-0.2, 0) is 21.2 Å². The van der Waals surface area contributed by atoms with Crippen LogP contribution in [0.15, 0.2) is 77.7 Å². The Bertz CT molecular complexity index is 1270. The highest BCUT2D eigenvalue weighted by Gasteiger charge is 2.14. The van der Waals surface area contributed by atoms with Crippen molar-refractivity contribution in [3.05, 3.63) is 83.9 Å². The smallest absolute Gasteiger partial charge is 0.244 e. The van der Waals surface area contributed by atoms with Gasteiger partial charge >= 0.3 is 0 Å². The van der Waals surface area contributed by atoms with E-state index in [9.17, 15) is 13.2 Å². The van der Waals surface area contributed by atoms with E-state index in [-0.39, 0.29) is 10.8 Å². The molecule has 0 aliphatic carbocycles. The van der Waals surface area contributed by atoms with Gasteiger partial charge in [0.05, 0.1) is 19.1 Å². The summed E-state index contributed by atoms with van der Waals surface area (Å²) in [5.41, 5.74) is 3.00. The molecule has 0 atom stereocenters. The third-order valence-electron chi connectivity index (χ3n) is 5.00. The molecule has 0 aliphatic heterocycles. The number of ether oxygens (including phenoxy) is 2. The number of rotatable bonds is 9. The minimum atomic E-state index is -3.84. The zero-order valence-corrected chi connectivity index (χ0v) is 19.3. The summed E-state index contributed by atoms with van der Waals surface area (Å²) in [6.07, 6.45) is 3.71. The molecule has 0 radical (unpaired) electrons. The van der Waals surface area contributed by atoms with Crippen LogP contribution in [0.1, 0.15) is 11.1 Å². The summed E-state index contributed by atoms with van der Waals surface area (Å²) in [4.78, 5) is 12.3. The zero-order valence-electron chi connectivity index (χ0n) is 18.4. The fraction of sp³-hybridized carbons (Fsp3) is 0.160. The van der Waals surface area contributed by atoms with Crippen LogP contribution in [0.2, 0.25) is 0 Å². The lowest BCUT2D eigenvalue weighted by atomic mass is 10.0. The van der Waals surface area contributed by atoms with Crippen molar-refractivity contribution in [1.82, 2.24) is 5.32 Å². The number of hydrogen-bond acceptors (Lipinski definition) is 5. The summed E-state index contributed by atoms with van der Waals surface area (Å²) >= 11 is 0. The summed E-state index contributed by atoms with van der Waals surface area (Å²) in [5.74, 6) is 1.04. The fourth-order valence-corrected chi connectivity index (χ4v) is 4.12. The zero-order chi connectivity index (χ0) is 23.8. The molecule has 0 bridgehead atoms. The van der Waals surface area contributed by atoms with E-state index in [1.807, 2.05) is 30.3 Å². The summed E-state index contributed by atoms with van der Waals surface area (Å²) in [6.45, 7) is 0.420. The van der Waals surface area contributed by atoms with Gasteiger partial charge in [0.25, 0.3) is 0 Å². The molecular weight excluding hydrogens is 440 g/mol. The Kier molecular flexibility index (Phi) is 7.87. The minimum Gasteiger partial charge on any atom is -0.497 e. The van der Waals surface area contributed by atoms with Gasteiger partial charge in [-0.1, -0.05) is 42.5 Å². The van der Waals surface area contributed by atoms with E-state index < -0.39 is 10.0 Å². The van der Waals surface area contributed by atoms with Gasteiger partial charge in [-0.15, -0.1) is 0 Å². The third kappa shape index (κ3) is 6.44. The maximum atomic E-state index is 12.2. The van der Waals surface area contributed by atoms with Crippen molar-refractivity contribution in [3.8, 4) is 22.6 Å². The number of nitrogens with two attached hydrogens (primary N) is 1. The minimum absolute atomic E-state index is 0.0783. The Morgan fingerprint density at radius 3 is 2.52 bits per heavy atom. The summed E-state index contributed by atoms with van der Waals surface area (Å²) in [7, 11) is -0.709. The lowest BCUT2D eigenvalue weighted by Gasteiger charge is -2.10. The van der Waals surface area contributed by atoms with Gasteiger partial charge in [0, 0.05) is 29.8 Å². The molecule has 3 N–H and O–H groups in total. The lowest BCUT2D eigenvalue weighted by molar-refractivity contribution is -0.116. The first kappa shape index (κ1) is 24.0. The molecule has 0 aliphatic rings. The van der Waals surface area contributed by atoms with Crippen LogP contribution in [0.5, 0.6) is 11.5 Å². The summed E-state index contributed by atoms with van der Waals surface area (Å²) in [5, 5.41) is 8.20. The van der Waals surface area contributed by atoms with Gasteiger partial charge in [-0.25, -0.2) is 13.6 Å². The molecule has 3 aromatic rings.